The highest BCUT2D eigenvalue weighted by atomic mass is 32.2. The fourth-order valence-electron chi connectivity index (χ4n) is 4.73. The van der Waals surface area contributed by atoms with E-state index in [0.29, 0.717) is 35.4 Å². The summed E-state index contributed by atoms with van der Waals surface area (Å²) in [5, 5.41) is 21.6. The summed E-state index contributed by atoms with van der Waals surface area (Å²) in [5.74, 6) is -0.350. The van der Waals surface area contributed by atoms with E-state index in [-0.39, 0.29) is 22.7 Å². The number of ketones is 1. The first-order valence-electron chi connectivity index (χ1n) is 10.4. The van der Waals surface area contributed by atoms with E-state index in [1.54, 1.807) is 40.1 Å². The molecule has 0 saturated heterocycles. The molecule has 2 heterocycles. The average molecular weight is 481 g/mol. The van der Waals surface area contributed by atoms with Crippen molar-refractivity contribution >= 4 is 40.3 Å². The van der Waals surface area contributed by atoms with E-state index >= 15 is 0 Å². The normalized spacial score (nSPS) is 20.0. The van der Waals surface area contributed by atoms with Gasteiger partial charge in [-0.1, -0.05) is 19.9 Å². The summed E-state index contributed by atoms with van der Waals surface area (Å²) >= 11 is 3.22. The van der Waals surface area contributed by atoms with Crippen molar-refractivity contribution in [2.24, 2.45) is 11.1 Å². The highest BCUT2D eigenvalue weighted by Gasteiger charge is 2.45. The van der Waals surface area contributed by atoms with Crippen molar-refractivity contribution in [3.05, 3.63) is 73.6 Å². The lowest BCUT2D eigenvalue weighted by atomic mass is 9.69. The molecule has 2 N–H and O–H groups in total. The molecule has 170 valence electrons. The maximum absolute atomic E-state index is 13.6. The van der Waals surface area contributed by atoms with Crippen molar-refractivity contribution in [3.8, 4) is 6.07 Å². The van der Waals surface area contributed by atoms with E-state index in [9.17, 15) is 20.2 Å². The van der Waals surface area contributed by atoms with Crippen LogP contribution in [0.1, 0.15) is 43.0 Å². The van der Waals surface area contributed by atoms with Gasteiger partial charge in [-0.3, -0.25) is 19.8 Å². The van der Waals surface area contributed by atoms with Crippen LogP contribution in [0.5, 0.6) is 0 Å². The van der Waals surface area contributed by atoms with Crippen LogP contribution < -0.4 is 10.6 Å². The number of Topliss-reactive ketones (excluding diaryl/α,β-unsaturated/α-hetero) is 1. The van der Waals surface area contributed by atoms with E-state index in [1.165, 1.54) is 12.1 Å². The van der Waals surface area contributed by atoms with Gasteiger partial charge in [-0.25, -0.2) is 0 Å². The quantitative estimate of drug-likeness (QED) is 0.343. The zero-order valence-electron chi connectivity index (χ0n) is 18.8. The highest BCUT2D eigenvalue weighted by molar-refractivity contribution is 8.00. The molecule has 4 rings (SSSR count). The number of non-ortho nitro benzene ring substituents is 1. The molecule has 0 bridgehead atoms. The molecule has 7 nitrogen and oxygen atoms in total. The number of rotatable bonds is 4. The van der Waals surface area contributed by atoms with Gasteiger partial charge in [-0.05, 0) is 42.7 Å². The summed E-state index contributed by atoms with van der Waals surface area (Å²) in [6.45, 7) is 6.06. The highest BCUT2D eigenvalue weighted by Crippen LogP contribution is 2.52. The summed E-state index contributed by atoms with van der Waals surface area (Å²) in [5.41, 5.74) is 9.20. The van der Waals surface area contributed by atoms with Crippen molar-refractivity contribution in [2.45, 2.75) is 43.7 Å². The van der Waals surface area contributed by atoms with Crippen LogP contribution in [0.15, 0.2) is 57.2 Å². The van der Waals surface area contributed by atoms with Crippen molar-refractivity contribution in [1.29, 1.82) is 5.26 Å². The molecule has 9 heteroatoms. The monoisotopic (exact) mass is 480 g/mol. The van der Waals surface area contributed by atoms with Gasteiger partial charge in [0.25, 0.3) is 5.69 Å². The third kappa shape index (κ3) is 3.94. The van der Waals surface area contributed by atoms with Crippen LogP contribution in [0, 0.1) is 33.8 Å². The van der Waals surface area contributed by atoms with E-state index in [1.807, 2.05) is 33.1 Å². The number of carbonyl (C=O) groups excluding carboxylic acids is 1. The lowest BCUT2D eigenvalue weighted by Gasteiger charge is -2.43. The first kappa shape index (κ1) is 23.1. The number of benzene rings is 1. The minimum atomic E-state index is -0.545. The second kappa shape index (κ2) is 8.36. The van der Waals surface area contributed by atoms with Crippen LogP contribution in [0.3, 0.4) is 0 Å². The van der Waals surface area contributed by atoms with Crippen LogP contribution in [0.2, 0.25) is 0 Å². The molecule has 0 spiro atoms. The Bertz CT molecular complexity index is 1280. The fourth-order valence-corrected chi connectivity index (χ4v) is 6.65. The molecule has 0 saturated carbocycles. The Hall–Kier alpha value is -3.09. The van der Waals surface area contributed by atoms with Gasteiger partial charge in [0, 0.05) is 34.7 Å². The minimum Gasteiger partial charge on any atom is -0.384 e. The number of thioether (sulfide) groups is 1. The number of carbonyl (C=O) groups is 1. The zero-order valence-corrected chi connectivity index (χ0v) is 20.5. The van der Waals surface area contributed by atoms with Gasteiger partial charge < -0.3 is 5.73 Å². The molecule has 1 atom stereocenters. The molecule has 1 aromatic heterocycles. The number of anilines is 1. The van der Waals surface area contributed by atoms with Gasteiger partial charge in [-0.2, -0.15) is 5.26 Å². The second-order valence-corrected chi connectivity index (χ2v) is 11.4. The Morgan fingerprint density at radius 2 is 2.06 bits per heavy atom. The van der Waals surface area contributed by atoms with Crippen LogP contribution in [0.25, 0.3) is 0 Å². The number of nitriles is 1. The van der Waals surface area contributed by atoms with Gasteiger partial charge >= 0.3 is 0 Å². The molecule has 0 unspecified atom stereocenters. The average Bonchev–Trinajstić information content (AvgIpc) is 3.12. The number of nitrogens with zero attached hydrogens (tertiary/aromatic N) is 3. The van der Waals surface area contributed by atoms with Crippen LogP contribution in [0.4, 0.5) is 11.4 Å². The van der Waals surface area contributed by atoms with Gasteiger partial charge in [0.2, 0.25) is 0 Å². The van der Waals surface area contributed by atoms with Crippen molar-refractivity contribution in [3.63, 3.8) is 0 Å². The molecule has 1 aromatic carbocycles. The molecule has 1 aliphatic heterocycles. The lowest BCUT2D eigenvalue weighted by molar-refractivity contribution is -0.384. The minimum absolute atomic E-state index is 0.0159. The van der Waals surface area contributed by atoms with E-state index in [2.05, 4.69) is 6.07 Å². The number of allylic oxidation sites excluding steroid dienone is 3. The number of thiophene rings is 1. The number of nitro groups is 1. The van der Waals surface area contributed by atoms with Gasteiger partial charge in [0.15, 0.2) is 5.78 Å². The van der Waals surface area contributed by atoms with Crippen molar-refractivity contribution in [2.75, 3.05) is 11.2 Å². The molecule has 2 aromatic rings. The Labute approximate surface area is 200 Å². The second-order valence-electron chi connectivity index (χ2n) is 9.06. The van der Waals surface area contributed by atoms with Crippen LogP contribution in [-0.4, -0.2) is 17.0 Å². The predicted molar refractivity (Wildman–Crippen MR) is 131 cm³/mol. The largest absolute Gasteiger partial charge is 0.384 e. The SMILES string of the molecule is CSc1sc(C)cc1[C@@H]1C(C#N)=C(N)N(c2cccc([N+](=O)[O-])c2)C2=C1C(=O)CC(C)(C)C2. The number of aryl methyl sites for hydroxylation is 1. The van der Waals surface area contributed by atoms with E-state index in [4.69, 9.17) is 5.73 Å². The van der Waals surface area contributed by atoms with E-state index in [0.717, 1.165) is 14.6 Å². The lowest BCUT2D eigenvalue weighted by Crippen LogP contribution is -2.42. The molecule has 33 heavy (non-hydrogen) atoms. The molecule has 2 aliphatic rings. The number of nitrogens with two attached hydrogens (primary N) is 1. The van der Waals surface area contributed by atoms with Gasteiger partial charge in [-0.15, -0.1) is 23.1 Å². The fraction of sp³-hybridized carbons (Fsp3) is 0.333. The standard InChI is InChI=1S/C24H24N4O3S2/c1-13-8-16(23(32-4)33-13)20-17(12-25)22(26)27(14-6-5-7-15(9-14)28(30)31)18-10-24(2,3)11-19(29)21(18)20/h5-9,20H,10-11,26H2,1-4H3/t20-/m1/s1. The van der Waals surface area contributed by atoms with Crippen molar-refractivity contribution in [1.82, 2.24) is 0 Å². The summed E-state index contributed by atoms with van der Waals surface area (Å²) in [6, 6.07) is 10.4. The number of hydrogen-bond donors (Lipinski definition) is 1. The Morgan fingerprint density at radius 3 is 2.70 bits per heavy atom. The summed E-state index contributed by atoms with van der Waals surface area (Å²) in [6.07, 6.45) is 2.90. The summed E-state index contributed by atoms with van der Waals surface area (Å²) < 4.78 is 1.05. The smallest absolute Gasteiger partial charge is 0.271 e. The first-order chi connectivity index (χ1) is 15.6. The Kier molecular flexibility index (Phi) is 5.85. The van der Waals surface area contributed by atoms with Gasteiger partial charge in [0.1, 0.15) is 5.82 Å². The Morgan fingerprint density at radius 1 is 1.33 bits per heavy atom. The zero-order chi connectivity index (χ0) is 24.1. The third-order valence-corrected chi connectivity index (χ3v) is 8.24. The maximum Gasteiger partial charge on any atom is 0.271 e. The predicted octanol–water partition coefficient (Wildman–Crippen LogP) is 5.63. The first-order valence-corrected chi connectivity index (χ1v) is 12.5. The van der Waals surface area contributed by atoms with Crippen LogP contribution >= 0.6 is 23.1 Å². The molecular weight excluding hydrogens is 456 g/mol. The third-order valence-electron chi connectivity index (χ3n) is 6.02. The molecule has 0 radical (unpaired) electrons. The molecule has 0 fully saturated rings. The topological polar surface area (TPSA) is 113 Å². The van der Waals surface area contributed by atoms with Gasteiger partial charge in [0.05, 0.1) is 32.4 Å². The number of nitro benzene ring substituents is 1. The summed E-state index contributed by atoms with van der Waals surface area (Å²) in [7, 11) is 0. The molecule has 0 amide bonds. The number of hydrogen-bond acceptors (Lipinski definition) is 8. The molecule has 1 aliphatic carbocycles. The van der Waals surface area contributed by atoms with E-state index < -0.39 is 10.8 Å². The van der Waals surface area contributed by atoms with Crippen LogP contribution in [-0.2, 0) is 4.79 Å². The maximum atomic E-state index is 13.6. The molecular formula is C24H24N4O3S2. The van der Waals surface area contributed by atoms with Crippen molar-refractivity contribution < 1.29 is 9.72 Å². The Balaban J connectivity index is 2.02. The summed E-state index contributed by atoms with van der Waals surface area (Å²) in [4.78, 5) is 27.3.